The lowest BCUT2D eigenvalue weighted by molar-refractivity contribution is -0.301. The number of phenolic OH excluding ortho intramolecular Hbond substituents is 2. The summed E-state index contributed by atoms with van der Waals surface area (Å²) in [6.45, 7) is 2.87. The van der Waals surface area contributed by atoms with Crippen LogP contribution in [0.15, 0.2) is 46.5 Å². The molecule has 12 nitrogen and oxygen atoms in total. The highest BCUT2D eigenvalue weighted by molar-refractivity contribution is 8.03. The van der Waals surface area contributed by atoms with Crippen molar-refractivity contribution >= 4 is 35.5 Å². The van der Waals surface area contributed by atoms with Crippen LogP contribution in [-0.2, 0) is 28.6 Å². The van der Waals surface area contributed by atoms with E-state index in [0.717, 1.165) is 6.08 Å². The number of aromatic hydroxyl groups is 2. The number of esters is 1. The molecule has 2 aliphatic heterocycles. The second kappa shape index (κ2) is 11.5. The molecule has 1 aliphatic carbocycles. The number of ether oxygens (including phenoxy) is 3. The van der Waals surface area contributed by atoms with Gasteiger partial charge >= 0.3 is 5.97 Å². The van der Waals surface area contributed by atoms with Crippen LogP contribution in [0.25, 0.3) is 6.08 Å². The second-order valence-corrected chi connectivity index (χ2v) is 10.7. The van der Waals surface area contributed by atoms with Crippen molar-refractivity contribution < 1.29 is 54.1 Å². The first-order valence-electron chi connectivity index (χ1n) is 12.0. The normalized spacial score (nSPS) is 28.6. The molecule has 2 heterocycles. The fraction of sp³-hybridized carbons (Fsp3) is 0.423. The van der Waals surface area contributed by atoms with Gasteiger partial charge in [-0.05, 0) is 35.4 Å². The van der Waals surface area contributed by atoms with Crippen molar-refractivity contribution in [2.24, 2.45) is 5.41 Å². The van der Waals surface area contributed by atoms with Crippen molar-refractivity contribution in [3.8, 4) is 11.5 Å². The molecule has 0 spiro atoms. The fourth-order valence-electron chi connectivity index (χ4n) is 4.36. The Morgan fingerprint density at radius 3 is 2.64 bits per heavy atom. The number of benzene rings is 1. The van der Waals surface area contributed by atoms with Gasteiger partial charge in [-0.1, -0.05) is 19.9 Å². The average molecular weight is 564 g/mol. The summed E-state index contributed by atoms with van der Waals surface area (Å²) in [5, 5.41) is 52.2. The minimum absolute atomic E-state index is 0.160. The number of rotatable bonds is 7. The molecule has 4 rings (SSSR count). The number of amides is 1. The largest absolute Gasteiger partial charge is 0.504 e. The first kappa shape index (κ1) is 28.8. The predicted molar refractivity (Wildman–Crippen MR) is 137 cm³/mol. The monoisotopic (exact) mass is 563 g/mol. The molecule has 1 fully saturated rings. The number of carbonyl (C=O) groups excluding carboxylic acids is 3. The summed E-state index contributed by atoms with van der Waals surface area (Å²) in [6, 6.07) is 3.90. The summed E-state index contributed by atoms with van der Waals surface area (Å²) in [5.74, 6) is -2.16. The number of allylic oxidation sites excluding steroid dienone is 2. The summed E-state index contributed by atoms with van der Waals surface area (Å²) in [6.07, 6.45) is -3.77. The molecule has 3 aliphatic rings. The molecule has 0 unspecified atom stereocenters. The van der Waals surface area contributed by atoms with Gasteiger partial charge in [0.2, 0.25) is 11.7 Å². The molecule has 1 amide bonds. The Kier molecular flexibility index (Phi) is 8.49. The molecule has 1 aromatic carbocycles. The summed E-state index contributed by atoms with van der Waals surface area (Å²) >= 11 is 1.26. The maximum absolute atomic E-state index is 12.7. The van der Waals surface area contributed by atoms with Gasteiger partial charge in [-0.3, -0.25) is 9.59 Å². The maximum atomic E-state index is 12.7. The van der Waals surface area contributed by atoms with Gasteiger partial charge in [0.15, 0.2) is 23.9 Å². The number of carbonyl (C=O) groups is 3. The lowest BCUT2D eigenvalue weighted by Crippen LogP contribution is -2.60. The van der Waals surface area contributed by atoms with Crippen LogP contribution in [0.4, 0.5) is 0 Å². The Balaban J connectivity index is 1.49. The zero-order valence-corrected chi connectivity index (χ0v) is 21.9. The quantitative estimate of drug-likeness (QED) is 0.149. The van der Waals surface area contributed by atoms with Crippen LogP contribution >= 0.6 is 11.8 Å². The highest BCUT2D eigenvalue weighted by Crippen LogP contribution is 2.47. The smallest absolute Gasteiger partial charge is 0.331 e. The number of ketones is 1. The Hall–Kier alpha value is -3.20. The van der Waals surface area contributed by atoms with E-state index in [1.54, 1.807) is 0 Å². The highest BCUT2D eigenvalue weighted by atomic mass is 32.2. The predicted octanol–water partition coefficient (Wildman–Crippen LogP) is 0.0883. The van der Waals surface area contributed by atoms with Gasteiger partial charge in [-0.25, -0.2) is 4.79 Å². The molecule has 13 heteroatoms. The molecular formula is C26H29NO11S. The summed E-state index contributed by atoms with van der Waals surface area (Å²) in [5.41, 5.74) is 0.433. The summed E-state index contributed by atoms with van der Waals surface area (Å²) in [7, 11) is 0. The summed E-state index contributed by atoms with van der Waals surface area (Å²) in [4.78, 5) is 37.7. The topological polar surface area (TPSA) is 192 Å². The standard InChI is InChI=1S/C26H29NO11S/c1-26(2)13(8-16(31)20-24(26)39-11-18(32)27-20)10-36-25-23(22(35)21(34)17(9-28)37-25)38-19(33)6-4-12-3-5-14(29)15(30)7-12/h3-8,17,21-23,25,28-30,34-35H,9-11H2,1-2H3,(H,27,32)/t17-,21-,22+,23-,25-/m1/s1. The molecule has 6 N–H and O–H groups in total. The van der Waals surface area contributed by atoms with E-state index < -0.39 is 54.5 Å². The molecule has 1 aromatic rings. The Morgan fingerprint density at radius 2 is 1.95 bits per heavy atom. The highest BCUT2D eigenvalue weighted by Gasteiger charge is 2.48. The molecule has 1 saturated heterocycles. The Labute approximate surface area is 227 Å². The summed E-state index contributed by atoms with van der Waals surface area (Å²) < 4.78 is 16.8. The number of thioether (sulfide) groups is 1. The van der Waals surface area contributed by atoms with Crippen LogP contribution in [0.5, 0.6) is 11.5 Å². The van der Waals surface area contributed by atoms with E-state index in [9.17, 15) is 39.9 Å². The molecule has 5 atom stereocenters. The lowest BCUT2D eigenvalue weighted by atomic mass is 9.78. The van der Waals surface area contributed by atoms with Crippen LogP contribution in [0.2, 0.25) is 0 Å². The van der Waals surface area contributed by atoms with Crippen LogP contribution in [0, 0.1) is 5.41 Å². The third-order valence-corrected chi connectivity index (χ3v) is 8.06. The van der Waals surface area contributed by atoms with Gasteiger partial charge in [0, 0.05) is 16.4 Å². The minimum atomic E-state index is -1.68. The third kappa shape index (κ3) is 6.03. The van der Waals surface area contributed by atoms with E-state index in [-0.39, 0.29) is 35.5 Å². The minimum Gasteiger partial charge on any atom is -0.504 e. The molecule has 39 heavy (non-hydrogen) atoms. The number of aliphatic hydroxyl groups is 3. The van der Waals surface area contributed by atoms with Crippen LogP contribution in [0.1, 0.15) is 19.4 Å². The van der Waals surface area contributed by atoms with Crippen LogP contribution in [0.3, 0.4) is 0 Å². The van der Waals surface area contributed by atoms with E-state index in [4.69, 9.17) is 14.2 Å². The number of hydrogen-bond acceptors (Lipinski definition) is 12. The van der Waals surface area contributed by atoms with Gasteiger partial charge in [-0.15, -0.1) is 11.8 Å². The van der Waals surface area contributed by atoms with Crippen molar-refractivity contribution in [2.45, 2.75) is 44.6 Å². The lowest BCUT2D eigenvalue weighted by Gasteiger charge is -2.42. The molecule has 0 radical (unpaired) electrons. The van der Waals surface area contributed by atoms with Gasteiger partial charge in [0.25, 0.3) is 0 Å². The molecule has 0 bridgehead atoms. The van der Waals surface area contributed by atoms with Crippen LogP contribution < -0.4 is 5.32 Å². The van der Waals surface area contributed by atoms with Crippen molar-refractivity contribution in [3.05, 3.63) is 52.1 Å². The maximum Gasteiger partial charge on any atom is 0.331 e. The van der Waals surface area contributed by atoms with E-state index >= 15 is 0 Å². The molecular weight excluding hydrogens is 534 g/mol. The Bertz CT molecular complexity index is 1250. The number of hydrogen-bond donors (Lipinski definition) is 6. The van der Waals surface area contributed by atoms with Crippen molar-refractivity contribution in [2.75, 3.05) is 19.0 Å². The zero-order chi connectivity index (χ0) is 28.5. The zero-order valence-electron chi connectivity index (χ0n) is 21.1. The van der Waals surface area contributed by atoms with Gasteiger partial charge < -0.3 is 45.1 Å². The first-order valence-corrected chi connectivity index (χ1v) is 13.0. The Morgan fingerprint density at radius 1 is 1.21 bits per heavy atom. The number of aliphatic hydroxyl groups excluding tert-OH is 3. The fourth-order valence-corrected chi connectivity index (χ4v) is 5.49. The van der Waals surface area contributed by atoms with E-state index in [1.807, 2.05) is 13.8 Å². The van der Waals surface area contributed by atoms with Crippen molar-refractivity contribution in [3.63, 3.8) is 0 Å². The SMILES string of the molecule is CC1(C)C(CO[C@@H]2O[C@H](CO)[C@@H](O)[C@H](O)[C@H]2OC(=O)C=Cc2ccc(O)c(O)c2)=CC(=O)C2=C1SCC(=O)N2. The number of nitrogens with one attached hydrogen (secondary N) is 1. The van der Waals surface area contributed by atoms with Crippen molar-refractivity contribution in [1.82, 2.24) is 5.32 Å². The first-order chi connectivity index (χ1) is 18.4. The van der Waals surface area contributed by atoms with E-state index in [1.165, 1.54) is 42.1 Å². The second-order valence-electron chi connectivity index (χ2n) is 9.70. The van der Waals surface area contributed by atoms with E-state index in [0.29, 0.717) is 16.0 Å². The molecule has 210 valence electrons. The van der Waals surface area contributed by atoms with Crippen molar-refractivity contribution in [1.29, 1.82) is 0 Å². The average Bonchev–Trinajstić information content (AvgIpc) is 2.89. The number of phenols is 2. The third-order valence-electron chi connectivity index (χ3n) is 6.65. The molecule has 0 aromatic heterocycles. The molecule has 0 saturated carbocycles. The van der Waals surface area contributed by atoms with Gasteiger partial charge in [0.05, 0.1) is 24.7 Å². The van der Waals surface area contributed by atoms with E-state index in [2.05, 4.69) is 5.32 Å². The van der Waals surface area contributed by atoms with Gasteiger partial charge in [-0.2, -0.15) is 0 Å². The van der Waals surface area contributed by atoms with Crippen LogP contribution in [-0.4, -0.2) is 92.9 Å². The van der Waals surface area contributed by atoms with Gasteiger partial charge in [0.1, 0.15) is 18.3 Å².